The van der Waals surface area contributed by atoms with Gasteiger partial charge in [0.15, 0.2) is 5.82 Å². The molecule has 0 saturated heterocycles. The van der Waals surface area contributed by atoms with Crippen LogP contribution in [0.25, 0.3) is 0 Å². The van der Waals surface area contributed by atoms with Crippen LogP contribution in [0.5, 0.6) is 0 Å². The number of hydrogen-bond donors (Lipinski definition) is 1. The van der Waals surface area contributed by atoms with Crippen LogP contribution in [0.2, 0.25) is 0 Å². The molecule has 18 heavy (non-hydrogen) atoms. The van der Waals surface area contributed by atoms with Crippen molar-refractivity contribution in [2.24, 2.45) is 0 Å². The molecule has 0 aliphatic heterocycles. The molecule has 6 nitrogen and oxygen atoms in total. The molecule has 0 spiro atoms. The van der Waals surface area contributed by atoms with E-state index in [-0.39, 0.29) is 17.9 Å². The molecular formula is C11H19N5OS. The monoisotopic (exact) mass is 269 g/mol. The van der Waals surface area contributed by atoms with Crippen LogP contribution in [0.15, 0.2) is 0 Å². The third-order valence-electron chi connectivity index (χ3n) is 3.49. The highest BCUT2D eigenvalue weighted by Gasteiger charge is 2.35. The van der Waals surface area contributed by atoms with Crippen molar-refractivity contribution in [3.05, 3.63) is 5.82 Å². The molecule has 2 atom stereocenters. The zero-order valence-corrected chi connectivity index (χ0v) is 11.6. The zero-order chi connectivity index (χ0) is 13.0. The number of rotatable bonds is 5. The van der Waals surface area contributed by atoms with Gasteiger partial charge >= 0.3 is 0 Å². The quantitative estimate of drug-likeness (QED) is 0.864. The highest BCUT2D eigenvalue weighted by Crippen LogP contribution is 2.35. The Hall–Kier alpha value is -1.11. The number of aromatic amines is 1. The number of hydrogen-bond acceptors (Lipinski definition) is 5. The number of tetrazole rings is 1. The van der Waals surface area contributed by atoms with Gasteiger partial charge in [0.05, 0.1) is 5.75 Å². The van der Waals surface area contributed by atoms with E-state index in [1.165, 1.54) is 0 Å². The first-order valence-electron chi connectivity index (χ1n) is 6.30. The summed E-state index contributed by atoms with van der Waals surface area (Å²) in [6.07, 6.45) is 3.17. The fraction of sp³-hybridized carbons (Fsp3) is 0.818. The minimum absolute atomic E-state index is 0.197. The van der Waals surface area contributed by atoms with Gasteiger partial charge in [-0.05, 0) is 18.6 Å². The summed E-state index contributed by atoms with van der Waals surface area (Å²) in [5.74, 6) is 2.69. The predicted molar refractivity (Wildman–Crippen MR) is 70.3 cm³/mol. The fourth-order valence-electron chi connectivity index (χ4n) is 2.51. The number of H-pyrrole nitrogens is 1. The first-order valence-corrected chi connectivity index (χ1v) is 7.46. The van der Waals surface area contributed by atoms with Gasteiger partial charge in [-0.15, -0.1) is 10.2 Å². The van der Waals surface area contributed by atoms with Crippen molar-refractivity contribution in [2.45, 2.75) is 38.1 Å². The summed E-state index contributed by atoms with van der Waals surface area (Å²) in [5.41, 5.74) is 0. The lowest BCUT2D eigenvalue weighted by molar-refractivity contribution is -0.129. The lowest BCUT2D eigenvalue weighted by Gasteiger charge is -2.28. The van der Waals surface area contributed by atoms with Gasteiger partial charge in [0.2, 0.25) is 5.91 Å². The number of nitrogens with one attached hydrogen (secondary N) is 1. The van der Waals surface area contributed by atoms with Crippen LogP contribution in [0, 0.1) is 0 Å². The summed E-state index contributed by atoms with van der Waals surface area (Å²) in [4.78, 5) is 13.9. The highest BCUT2D eigenvalue weighted by atomic mass is 32.2. The van der Waals surface area contributed by atoms with Gasteiger partial charge in [0.1, 0.15) is 0 Å². The maximum atomic E-state index is 12.0. The number of amides is 1. The molecule has 1 amide bonds. The highest BCUT2D eigenvalue weighted by molar-refractivity contribution is 7.99. The van der Waals surface area contributed by atoms with Crippen molar-refractivity contribution in [1.82, 2.24) is 25.5 Å². The number of aromatic nitrogens is 4. The summed E-state index contributed by atoms with van der Waals surface area (Å²) in [6, 6.07) is 0.215. The van der Waals surface area contributed by atoms with E-state index in [9.17, 15) is 4.79 Å². The Balaban J connectivity index is 2.00. The Kier molecular flexibility index (Phi) is 4.57. The summed E-state index contributed by atoms with van der Waals surface area (Å²) in [5, 5.41) is 14.2. The van der Waals surface area contributed by atoms with Gasteiger partial charge < -0.3 is 4.90 Å². The second kappa shape index (κ2) is 6.17. The van der Waals surface area contributed by atoms with E-state index in [1.54, 1.807) is 11.8 Å². The third kappa shape index (κ3) is 2.82. The first-order chi connectivity index (χ1) is 8.74. The number of likely N-dealkylation sites (N-methyl/N-ethyl adjacent to an activating group) is 1. The zero-order valence-electron chi connectivity index (χ0n) is 10.8. The molecule has 1 N–H and O–H groups in total. The second-order valence-electron chi connectivity index (χ2n) is 4.52. The van der Waals surface area contributed by atoms with Crippen LogP contribution >= 0.6 is 11.8 Å². The average molecular weight is 269 g/mol. The second-order valence-corrected chi connectivity index (χ2v) is 5.79. The molecule has 2 unspecified atom stereocenters. The van der Waals surface area contributed by atoms with Crippen LogP contribution in [0.1, 0.15) is 37.9 Å². The predicted octanol–water partition coefficient (Wildman–Crippen LogP) is 1.05. The molecule has 0 bridgehead atoms. The topological polar surface area (TPSA) is 74.8 Å². The van der Waals surface area contributed by atoms with E-state index < -0.39 is 0 Å². The summed E-state index contributed by atoms with van der Waals surface area (Å²) in [7, 11) is 1.89. The summed E-state index contributed by atoms with van der Waals surface area (Å²) < 4.78 is 0. The van der Waals surface area contributed by atoms with Crippen molar-refractivity contribution >= 4 is 17.7 Å². The molecule has 1 aliphatic carbocycles. The molecule has 1 aromatic heterocycles. The Morgan fingerprint density at radius 1 is 1.56 bits per heavy atom. The van der Waals surface area contributed by atoms with Gasteiger partial charge in [0.25, 0.3) is 0 Å². The van der Waals surface area contributed by atoms with Crippen molar-refractivity contribution in [2.75, 3.05) is 18.6 Å². The number of nitrogens with zero attached hydrogens (tertiary/aromatic N) is 4. The number of carbonyl (C=O) groups is 1. The lowest BCUT2D eigenvalue weighted by Crippen LogP contribution is -2.39. The van der Waals surface area contributed by atoms with Crippen LogP contribution in [0.3, 0.4) is 0 Å². The molecule has 1 aromatic rings. The molecule has 0 radical (unpaired) electrons. The standard InChI is InChI=1S/C11H19N5OS/c1-3-18-7-10(17)16(2)9-6-4-5-8(9)11-12-14-15-13-11/h8-9H,3-7H2,1-2H3,(H,12,13,14,15). The molecule has 0 aromatic carbocycles. The van der Waals surface area contributed by atoms with E-state index in [0.29, 0.717) is 5.75 Å². The van der Waals surface area contributed by atoms with Crippen molar-refractivity contribution in [3.8, 4) is 0 Å². The van der Waals surface area contributed by atoms with E-state index in [0.717, 1.165) is 30.8 Å². The van der Waals surface area contributed by atoms with Gasteiger partial charge in [-0.25, -0.2) is 0 Å². The Bertz CT molecular complexity index is 383. The van der Waals surface area contributed by atoms with E-state index in [1.807, 2.05) is 11.9 Å². The van der Waals surface area contributed by atoms with E-state index in [4.69, 9.17) is 0 Å². The smallest absolute Gasteiger partial charge is 0.232 e. The van der Waals surface area contributed by atoms with Crippen LogP contribution < -0.4 is 0 Å². The SMILES string of the molecule is CCSCC(=O)N(C)C1CCCC1c1nn[nH]n1. The molecule has 1 aliphatic rings. The van der Waals surface area contributed by atoms with Crippen molar-refractivity contribution in [3.63, 3.8) is 0 Å². The maximum absolute atomic E-state index is 12.0. The molecule has 7 heteroatoms. The van der Waals surface area contributed by atoms with Crippen molar-refractivity contribution < 1.29 is 4.79 Å². The maximum Gasteiger partial charge on any atom is 0.232 e. The molecule has 1 fully saturated rings. The Labute approximate surface area is 111 Å². The van der Waals surface area contributed by atoms with Crippen LogP contribution in [0.4, 0.5) is 0 Å². The average Bonchev–Trinajstić information content (AvgIpc) is 3.03. The molecule has 1 heterocycles. The van der Waals surface area contributed by atoms with Crippen LogP contribution in [-0.4, -0.2) is 56.0 Å². The van der Waals surface area contributed by atoms with Crippen LogP contribution in [-0.2, 0) is 4.79 Å². The van der Waals surface area contributed by atoms with Gasteiger partial charge in [-0.3, -0.25) is 4.79 Å². The minimum Gasteiger partial charge on any atom is -0.341 e. The normalized spacial score (nSPS) is 23.2. The summed E-state index contributed by atoms with van der Waals surface area (Å²) in [6.45, 7) is 2.07. The van der Waals surface area contributed by atoms with E-state index >= 15 is 0 Å². The number of thioether (sulfide) groups is 1. The molecule has 100 valence electrons. The third-order valence-corrected chi connectivity index (χ3v) is 4.35. The Morgan fingerprint density at radius 2 is 2.39 bits per heavy atom. The molecular weight excluding hydrogens is 250 g/mol. The largest absolute Gasteiger partial charge is 0.341 e. The fourth-order valence-corrected chi connectivity index (χ4v) is 3.09. The van der Waals surface area contributed by atoms with Gasteiger partial charge in [0, 0.05) is 19.0 Å². The van der Waals surface area contributed by atoms with Gasteiger partial charge in [-0.1, -0.05) is 18.6 Å². The van der Waals surface area contributed by atoms with Gasteiger partial charge in [-0.2, -0.15) is 17.0 Å². The molecule has 2 rings (SSSR count). The Morgan fingerprint density at radius 3 is 3.06 bits per heavy atom. The number of carbonyl (C=O) groups excluding carboxylic acids is 1. The summed E-state index contributed by atoms with van der Waals surface area (Å²) >= 11 is 1.66. The molecule has 1 saturated carbocycles. The van der Waals surface area contributed by atoms with Crippen molar-refractivity contribution in [1.29, 1.82) is 0 Å². The lowest BCUT2D eigenvalue weighted by atomic mass is 10.0. The van der Waals surface area contributed by atoms with E-state index in [2.05, 4.69) is 27.5 Å². The first kappa shape index (κ1) is 13.3. The minimum atomic E-state index is 0.197.